The van der Waals surface area contributed by atoms with Crippen molar-refractivity contribution in [3.63, 3.8) is 0 Å². The predicted molar refractivity (Wildman–Crippen MR) is 64.1 cm³/mol. The quantitative estimate of drug-likeness (QED) is 0.806. The van der Waals surface area contributed by atoms with E-state index in [0.29, 0.717) is 6.04 Å². The third kappa shape index (κ3) is 3.86. The molecule has 0 fully saturated rings. The summed E-state index contributed by atoms with van der Waals surface area (Å²) in [6, 6.07) is 2.52. The average Bonchev–Trinajstić information content (AvgIpc) is 2.17. The summed E-state index contributed by atoms with van der Waals surface area (Å²) in [7, 11) is 0. The minimum atomic E-state index is 0.481. The van der Waals surface area contributed by atoms with Crippen molar-refractivity contribution in [2.24, 2.45) is 0 Å². The number of hydrogen-bond donors (Lipinski definition) is 1. The van der Waals surface area contributed by atoms with Crippen LogP contribution in [0.15, 0.2) is 6.07 Å². The van der Waals surface area contributed by atoms with Gasteiger partial charge in [-0.15, -0.1) is 0 Å². The van der Waals surface area contributed by atoms with Crippen LogP contribution in [0.3, 0.4) is 0 Å². The first-order chi connectivity index (χ1) is 7.15. The Balaban J connectivity index is 2.71. The monoisotopic (exact) mass is 207 g/mol. The SMILES string of the molecule is CCCC(C)Nc1cc(CC)nc(C)n1. The van der Waals surface area contributed by atoms with Crippen LogP contribution in [-0.2, 0) is 6.42 Å². The fourth-order valence-electron chi connectivity index (χ4n) is 1.64. The molecule has 15 heavy (non-hydrogen) atoms. The van der Waals surface area contributed by atoms with Crippen LogP contribution in [0.2, 0.25) is 0 Å². The lowest BCUT2D eigenvalue weighted by molar-refractivity contribution is 0.686. The zero-order chi connectivity index (χ0) is 11.3. The molecular weight excluding hydrogens is 186 g/mol. The van der Waals surface area contributed by atoms with E-state index in [4.69, 9.17) is 0 Å². The molecule has 0 radical (unpaired) electrons. The minimum absolute atomic E-state index is 0.481. The predicted octanol–water partition coefficient (Wildman–Crippen LogP) is 2.95. The van der Waals surface area contributed by atoms with Crippen molar-refractivity contribution in [2.45, 2.75) is 53.0 Å². The molecule has 0 aliphatic heterocycles. The molecule has 1 aromatic rings. The maximum absolute atomic E-state index is 4.38. The fraction of sp³-hybridized carbons (Fsp3) is 0.667. The van der Waals surface area contributed by atoms with Crippen LogP contribution in [0, 0.1) is 6.92 Å². The molecule has 0 saturated heterocycles. The van der Waals surface area contributed by atoms with Gasteiger partial charge in [0.15, 0.2) is 0 Å². The summed E-state index contributed by atoms with van der Waals surface area (Å²) in [6.45, 7) is 8.43. The molecule has 0 aliphatic rings. The van der Waals surface area contributed by atoms with Crippen LogP contribution in [0.25, 0.3) is 0 Å². The second-order valence-electron chi connectivity index (χ2n) is 3.98. The molecule has 1 atom stereocenters. The van der Waals surface area contributed by atoms with Crippen LogP contribution < -0.4 is 5.32 Å². The van der Waals surface area contributed by atoms with Gasteiger partial charge in [0, 0.05) is 17.8 Å². The smallest absolute Gasteiger partial charge is 0.130 e. The zero-order valence-corrected chi connectivity index (χ0v) is 10.2. The number of nitrogens with zero attached hydrogens (tertiary/aromatic N) is 2. The van der Waals surface area contributed by atoms with Gasteiger partial charge < -0.3 is 5.32 Å². The van der Waals surface area contributed by atoms with Crippen molar-refractivity contribution < 1.29 is 0 Å². The van der Waals surface area contributed by atoms with Gasteiger partial charge in [0.05, 0.1) is 0 Å². The Morgan fingerprint density at radius 2 is 2.07 bits per heavy atom. The summed E-state index contributed by atoms with van der Waals surface area (Å²) in [5, 5.41) is 3.41. The molecule has 0 saturated carbocycles. The molecule has 0 aromatic carbocycles. The van der Waals surface area contributed by atoms with E-state index in [1.165, 1.54) is 12.8 Å². The second kappa shape index (κ2) is 5.69. The highest BCUT2D eigenvalue weighted by Gasteiger charge is 2.04. The number of nitrogens with one attached hydrogen (secondary N) is 1. The fourth-order valence-corrected chi connectivity index (χ4v) is 1.64. The Labute approximate surface area is 92.3 Å². The first-order valence-electron chi connectivity index (χ1n) is 5.76. The molecular formula is C12H21N3. The first-order valence-corrected chi connectivity index (χ1v) is 5.76. The molecule has 1 heterocycles. The lowest BCUT2D eigenvalue weighted by Crippen LogP contribution is -2.16. The Morgan fingerprint density at radius 3 is 2.67 bits per heavy atom. The standard InChI is InChI=1S/C12H21N3/c1-5-7-9(3)13-12-8-11(6-2)14-10(4)15-12/h8-9H,5-7H2,1-4H3,(H,13,14,15). The first kappa shape index (κ1) is 12.0. The van der Waals surface area contributed by atoms with E-state index in [9.17, 15) is 0 Å². The van der Waals surface area contributed by atoms with Crippen LogP contribution in [0.5, 0.6) is 0 Å². The molecule has 1 N–H and O–H groups in total. The second-order valence-corrected chi connectivity index (χ2v) is 3.98. The van der Waals surface area contributed by atoms with E-state index in [2.05, 4.69) is 36.1 Å². The summed E-state index contributed by atoms with van der Waals surface area (Å²) in [5.41, 5.74) is 1.11. The van der Waals surface area contributed by atoms with E-state index in [0.717, 1.165) is 23.8 Å². The molecule has 0 amide bonds. The highest BCUT2D eigenvalue weighted by molar-refractivity contribution is 5.36. The summed E-state index contributed by atoms with van der Waals surface area (Å²) in [5.74, 6) is 1.81. The number of aromatic nitrogens is 2. The van der Waals surface area contributed by atoms with Gasteiger partial charge in [0.1, 0.15) is 11.6 Å². The van der Waals surface area contributed by atoms with Gasteiger partial charge in [-0.2, -0.15) is 0 Å². The molecule has 3 heteroatoms. The van der Waals surface area contributed by atoms with Crippen molar-refractivity contribution in [3.05, 3.63) is 17.6 Å². The van der Waals surface area contributed by atoms with Crippen molar-refractivity contribution >= 4 is 5.82 Å². The summed E-state index contributed by atoms with van der Waals surface area (Å²) in [4.78, 5) is 8.74. The van der Waals surface area contributed by atoms with Gasteiger partial charge in [-0.05, 0) is 26.7 Å². The largest absolute Gasteiger partial charge is 0.368 e. The van der Waals surface area contributed by atoms with E-state index in [-0.39, 0.29) is 0 Å². The molecule has 1 rings (SSSR count). The summed E-state index contributed by atoms with van der Waals surface area (Å²) in [6.07, 6.45) is 3.32. The van der Waals surface area contributed by atoms with Crippen molar-refractivity contribution in [3.8, 4) is 0 Å². The Morgan fingerprint density at radius 1 is 1.33 bits per heavy atom. The van der Waals surface area contributed by atoms with Crippen molar-refractivity contribution in [1.29, 1.82) is 0 Å². The molecule has 1 aromatic heterocycles. The van der Waals surface area contributed by atoms with Crippen LogP contribution in [0.1, 0.15) is 45.1 Å². The average molecular weight is 207 g/mol. The van der Waals surface area contributed by atoms with E-state index in [1.54, 1.807) is 0 Å². The molecule has 1 unspecified atom stereocenters. The molecule has 0 aliphatic carbocycles. The van der Waals surface area contributed by atoms with Crippen molar-refractivity contribution in [1.82, 2.24) is 9.97 Å². The number of rotatable bonds is 5. The molecule has 3 nitrogen and oxygen atoms in total. The maximum Gasteiger partial charge on any atom is 0.130 e. The third-order valence-corrected chi connectivity index (χ3v) is 2.37. The molecule has 0 spiro atoms. The maximum atomic E-state index is 4.38. The minimum Gasteiger partial charge on any atom is -0.368 e. The summed E-state index contributed by atoms with van der Waals surface area (Å²) < 4.78 is 0. The van der Waals surface area contributed by atoms with E-state index < -0.39 is 0 Å². The highest BCUT2D eigenvalue weighted by Crippen LogP contribution is 2.10. The van der Waals surface area contributed by atoms with E-state index >= 15 is 0 Å². The lowest BCUT2D eigenvalue weighted by atomic mass is 10.2. The Bertz CT molecular complexity index is 310. The summed E-state index contributed by atoms with van der Waals surface area (Å²) >= 11 is 0. The molecule has 84 valence electrons. The van der Waals surface area contributed by atoms with E-state index in [1.807, 2.05) is 13.0 Å². The van der Waals surface area contributed by atoms with Gasteiger partial charge in [-0.25, -0.2) is 9.97 Å². The van der Waals surface area contributed by atoms with Crippen LogP contribution >= 0.6 is 0 Å². The topological polar surface area (TPSA) is 37.8 Å². The number of anilines is 1. The highest BCUT2D eigenvalue weighted by atomic mass is 15.0. The van der Waals surface area contributed by atoms with Crippen molar-refractivity contribution in [2.75, 3.05) is 5.32 Å². The molecule has 0 bridgehead atoms. The van der Waals surface area contributed by atoms with Gasteiger partial charge >= 0.3 is 0 Å². The zero-order valence-electron chi connectivity index (χ0n) is 10.2. The third-order valence-electron chi connectivity index (χ3n) is 2.37. The van der Waals surface area contributed by atoms with Gasteiger partial charge in [0.25, 0.3) is 0 Å². The Kier molecular flexibility index (Phi) is 4.53. The normalized spacial score (nSPS) is 12.5. The number of aryl methyl sites for hydroxylation is 2. The van der Waals surface area contributed by atoms with Gasteiger partial charge in [-0.1, -0.05) is 20.3 Å². The lowest BCUT2D eigenvalue weighted by Gasteiger charge is -2.14. The van der Waals surface area contributed by atoms with Gasteiger partial charge in [-0.3, -0.25) is 0 Å². The Hall–Kier alpha value is -1.12. The van der Waals surface area contributed by atoms with Gasteiger partial charge in [0.2, 0.25) is 0 Å². The van der Waals surface area contributed by atoms with Crippen LogP contribution in [0.4, 0.5) is 5.82 Å². The van der Waals surface area contributed by atoms with Crippen LogP contribution in [-0.4, -0.2) is 16.0 Å². The number of hydrogen-bond acceptors (Lipinski definition) is 3.